The quantitative estimate of drug-likeness (QED) is 0.584. The van der Waals surface area contributed by atoms with Gasteiger partial charge in [-0.05, 0) is 24.6 Å². The summed E-state index contributed by atoms with van der Waals surface area (Å²) in [5.41, 5.74) is 0.531. The van der Waals surface area contributed by atoms with Gasteiger partial charge in [0.25, 0.3) is 0 Å². The summed E-state index contributed by atoms with van der Waals surface area (Å²) in [5, 5.41) is 0. The number of rotatable bonds is 6. The first-order valence-corrected chi connectivity index (χ1v) is 7.56. The summed E-state index contributed by atoms with van der Waals surface area (Å²) in [6, 6.07) is 5.56. The van der Waals surface area contributed by atoms with E-state index in [2.05, 4.69) is 14.7 Å². The summed E-state index contributed by atoms with van der Waals surface area (Å²) in [5.74, 6) is -1.23. The molecule has 1 aliphatic rings. The van der Waals surface area contributed by atoms with Crippen molar-refractivity contribution in [1.82, 2.24) is 9.97 Å². The monoisotopic (exact) mass is 346 g/mol. The van der Waals surface area contributed by atoms with Crippen LogP contribution in [0.2, 0.25) is 0 Å². The zero-order valence-corrected chi connectivity index (χ0v) is 13.3. The lowest BCUT2D eigenvalue weighted by Crippen LogP contribution is -2.11. The number of esters is 2. The highest BCUT2D eigenvalue weighted by Gasteiger charge is 2.41. The molecule has 2 unspecified atom stereocenters. The first-order chi connectivity index (χ1) is 12.1. The topological polar surface area (TPSA) is 87.6 Å². The molecule has 0 saturated heterocycles. The number of ether oxygens (including phenoxy) is 3. The molecule has 0 amide bonds. The van der Waals surface area contributed by atoms with Gasteiger partial charge < -0.3 is 14.2 Å². The Morgan fingerprint density at radius 2 is 1.84 bits per heavy atom. The molecule has 1 fully saturated rings. The van der Waals surface area contributed by atoms with Gasteiger partial charge in [-0.3, -0.25) is 0 Å². The molecule has 2 heterocycles. The van der Waals surface area contributed by atoms with Crippen LogP contribution in [0.25, 0.3) is 0 Å². The molecular weight excluding hydrogens is 331 g/mol. The number of pyridine rings is 2. The maximum atomic E-state index is 12.7. The van der Waals surface area contributed by atoms with Gasteiger partial charge in [-0.1, -0.05) is 0 Å². The Bertz CT molecular complexity index is 764. The molecule has 2 aromatic heterocycles. The van der Waals surface area contributed by atoms with Crippen LogP contribution >= 0.6 is 0 Å². The highest BCUT2D eigenvalue weighted by atomic mass is 19.1. The first-order valence-electron chi connectivity index (χ1n) is 7.56. The third kappa shape index (κ3) is 4.28. The zero-order chi connectivity index (χ0) is 17.8. The summed E-state index contributed by atoms with van der Waals surface area (Å²) in [4.78, 5) is 30.6. The minimum Gasteiger partial charge on any atom is -0.474 e. The molecule has 0 spiro atoms. The highest BCUT2D eigenvalue weighted by molar-refractivity contribution is 5.89. The summed E-state index contributed by atoms with van der Waals surface area (Å²) < 4.78 is 28.1. The number of carbonyl (C=O) groups is 2. The number of hydrogen-bond donors (Lipinski definition) is 0. The van der Waals surface area contributed by atoms with Gasteiger partial charge in [0, 0.05) is 24.4 Å². The van der Waals surface area contributed by atoms with Crippen molar-refractivity contribution in [3.8, 4) is 5.88 Å². The van der Waals surface area contributed by atoms with E-state index in [0.717, 1.165) is 18.7 Å². The normalized spacial score (nSPS) is 18.3. The molecular formula is C17H15FN2O5. The van der Waals surface area contributed by atoms with Crippen molar-refractivity contribution < 1.29 is 28.2 Å². The van der Waals surface area contributed by atoms with Gasteiger partial charge in [0.15, 0.2) is 0 Å². The maximum absolute atomic E-state index is 12.7. The molecule has 2 aromatic rings. The molecule has 1 saturated carbocycles. The van der Waals surface area contributed by atoms with Crippen LogP contribution in [0.15, 0.2) is 36.7 Å². The van der Waals surface area contributed by atoms with Gasteiger partial charge in [-0.15, -0.1) is 0 Å². The third-order valence-electron chi connectivity index (χ3n) is 3.68. The first kappa shape index (κ1) is 16.8. The number of nitrogens with zero attached hydrogens (tertiary/aromatic N) is 2. The second-order valence-corrected chi connectivity index (χ2v) is 5.50. The van der Waals surface area contributed by atoms with Crippen LogP contribution < -0.4 is 4.74 Å². The smallest absolute Gasteiger partial charge is 0.339 e. The maximum Gasteiger partial charge on any atom is 0.339 e. The van der Waals surface area contributed by atoms with Crippen molar-refractivity contribution in [2.45, 2.75) is 12.5 Å². The molecule has 8 heteroatoms. The average molecular weight is 346 g/mol. The van der Waals surface area contributed by atoms with Crippen molar-refractivity contribution >= 4 is 11.9 Å². The van der Waals surface area contributed by atoms with Crippen molar-refractivity contribution in [1.29, 1.82) is 0 Å². The van der Waals surface area contributed by atoms with Crippen LogP contribution in [-0.4, -0.2) is 41.7 Å². The molecule has 0 aromatic carbocycles. The van der Waals surface area contributed by atoms with Crippen molar-refractivity contribution in [2.75, 3.05) is 13.7 Å². The lowest BCUT2D eigenvalue weighted by Gasteiger charge is -2.06. The lowest BCUT2D eigenvalue weighted by molar-refractivity contribution is 0.0469. The molecule has 3 rings (SSSR count). The van der Waals surface area contributed by atoms with Crippen molar-refractivity contribution in [3.63, 3.8) is 0 Å². The number of aromatic nitrogens is 2. The van der Waals surface area contributed by atoms with E-state index in [4.69, 9.17) is 9.47 Å². The standard InChI is InChI=1S/C17H15FN2O5/c1-23-16(21)10-3-5-15(20-8-10)25-13-6-12(13)9-24-17(22)11-2-4-14(18)19-7-11/h2-5,7-8,12-13H,6,9H2,1H3. The Hall–Kier alpha value is -3.03. The van der Waals surface area contributed by atoms with Gasteiger partial charge in [0.05, 0.1) is 24.8 Å². The lowest BCUT2D eigenvalue weighted by atomic mass is 10.3. The fourth-order valence-corrected chi connectivity index (χ4v) is 2.15. The van der Waals surface area contributed by atoms with Gasteiger partial charge in [0.2, 0.25) is 11.8 Å². The van der Waals surface area contributed by atoms with Crippen LogP contribution in [0.1, 0.15) is 27.1 Å². The number of carbonyl (C=O) groups excluding carboxylic acids is 2. The van der Waals surface area contributed by atoms with E-state index in [-0.39, 0.29) is 24.2 Å². The highest BCUT2D eigenvalue weighted by Crippen LogP contribution is 2.34. The zero-order valence-electron chi connectivity index (χ0n) is 13.3. The number of hydrogen-bond acceptors (Lipinski definition) is 7. The van der Waals surface area contributed by atoms with Crippen LogP contribution in [0.3, 0.4) is 0 Å². The summed E-state index contributed by atoms with van der Waals surface area (Å²) in [6.07, 6.45) is 3.14. The molecule has 130 valence electrons. The number of halogens is 1. The van der Waals surface area contributed by atoms with Crippen molar-refractivity contribution in [2.24, 2.45) is 5.92 Å². The summed E-state index contributed by atoms with van der Waals surface area (Å²) in [6.45, 7) is 0.196. The summed E-state index contributed by atoms with van der Waals surface area (Å²) in [7, 11) is 1.30. The van der Waals surface area contributed by atoms with E-state index in [9.17, 15) is 14.0 Å². The molecule has 2 atom stereocenters. The second kappa shape index (κ2) is 7.25. The molecule has 25 heavy (non-hydrogen) atoms. The van der Waals surface area contributed by atoms with Crippen LogP contribution in [0.5, 0.6) is 5.88 Å². The molecule has 1 aliphatic carbocycles. The molecule has 0 aliphatic heterocycles. The Morgan fingerprint density at radius 1 is 1.12 bits per heavy atom. The van der Waals surface area contributed by atoms with Crippen LogP contribution in [-0.2, 0) is 9.47 Å². The van der Waals surface area contributed by atoms with E-state index < -0.39 is 17.9 Å². The van der Waals surface area contributed by atoms with Gasteiger partial charge in [-0.2, -0.15) is 4.39 Å². The van der Waals surface area contributed by atoms with E-state index in [0.29, 0.717) is 11.4 Å². The average Bonchev–Trinajstić information content (AvgIpc) is 3.38. The summed E-state index contributed by atoms with van der Waals surface area (Å²) >= 11 is 0. The fourth-order valence-electron chi connectivity index (χ4n) is 2.15. The van der Waals surface area contributed by atoms with Crippen LogP contribution in [0, 0.1) is 11.9 Å². The third-order valence-corrected chi connectivity index (χ3v) is 3.68. The van der Waals surface area contributed by atoms with E-state index >= 15 is 0 Å². The largest absolute Gasteiger partial charge is 0.474 e. The Kier molecular flexibility index (Phi) is 4.87. The van der Waals surface area contributed by atoms with Gasteiger partial charge >= 0.3 is 11.9 Å². The van der Waals surface area contributed by atoms with Crippen LogP contribution in [0.4, 0.5) is 4.39 Å². The predicted octanol–water partition coefficient (Wildman–Crippen LogP) is 2.03. The molecule has 0 radical (unpaired) electrons. The SMILES string of the molecule is COC(=O)c1ccc(OC2CC2COC(=O)c2ccc(F)nc2)nc1. The molecule has 7 nitrogen and oxygen atoms in total. The molecule has 0 bridgehead atoms. The fraction of sp³-hybridized carbons (Fsp3) is 0.294. The molecule has 0 N–H and O–H groups in total. The predicted molar refractivity (Wildman–Crippen MR) is 82.6 cm³/mol. The van der Waals surface area contributed by atoms with Crippen molar-refractivity contribution in [3.05, 3.63) is 53.7 Å². The van der Waals surface area contributed by atoms with E-state index in [1.807, 2.05) is 0 Å². The van der Waals surface area contributed by atoms with Gasteiger partial charge in [0.1, 0.15) is 6.10 Å². The minimum absolute atomic E-state index is 0.0689. The van der Waals surface area contributed by atoms with E-state index in [1.165, 1.54) is 19.4 Å². The Morgan fingerprint density at radius 3 is 2.48 bits per heavy atom. The minimum atomic E-state index is -0.655. The Labute approximate surface area is 142 Å². The Balaban J connectivity index is 1.44. The van der Waals surface area contributed by atoms with E-state index in [1.54, 1.807) is 12.1 Å². The second-order valence-electron chi connectivity index (χ2n) is 5.50. The number of methoxy groups -OCH3 is 1. The van der Waals surface area contributed by atoms with Gasteiger partial charge in [-0.25, -0.2) is 19.6 Å².